The Bertz CT molecular complexity index is 470. The molecule has 116 valence electrons. The van der Waals surface area contributed by atoms with Crippen molar-refractivity contribution in [3.63, 3.8) is 0 Å². The number of aliphatic carboxylic acids is 1. The van der Waals surface area contributed by atoms with E-state index in [0.29, 0.717) is 6.54 Å². The Morgan fingerprint density at radius 3 is 2.62 bits per heavy atom. The fourth-order valence-corrected chi connectivity index (χ4v) is 2.77. The molecule has 21 heavy (non-hydrogen) atoms. The van der Waals surface area contributed by atoms with E-state index in [2.05, 4.69) is 41.0 Å². The molecule has 0 atom stereocenters. The third kappa shape index (κ3) is 4.72. The van der Waals surface area contributed by atoms with Gasteiger partial charge in [0.2, 0.25) is 0 Å². The van der Waals surface area contributed by atoms with Crippen LogP contribution in [0.5, 0.6) is 0 Å². The van der Waals surface area contributed by atoms with Gasteiger partial charge in [0, 0.05) is 38.4 Å². The molecule has 1 N–H and O–H groups in total. The van der Waals surface area contributed by atoms with Gasteiger partial charge in [-0.05, 0) is 31.3 Å². The predicted octanol–water partition coefficient (Wildman–Crippen LogP) is 1.34. The molecule has 0 saturated carbocycles. The van der Waals surface area contributed by atoms with Gasteiger partial charge in [-0.3, -0.25) is 9.69 Å². The fraction of sp³-hybridized carbons (Fsp3) is 0.562. The van der Waals surface area contributed by atoms with E-state index in [1.165, 1.54) is 5.69 Å². The zero-order valence-electron chi connectivity index (χ0n) is 13.0. The van der Waals surface area contributed by atoms with Crippen molar-refractivity contribution in [2.75, 3.05) is 51.2 Å². The van der Waals surface area contributed by atoms with Crippen LogP contribution in [0.3, 0.4) is 0 Å². The highest BCUT2D eigenvalue weighted by Crippen LogP contribution is 2.19. The second-order valence-corrected chi connectivity index (χ2v) is 5.66. The Labute approximate surface area is 126 Å². The van der Waals surface area contributed by atoms with E-state index in [9.17, 15) is 4.79 Å². The van der Waals surface area contributed by atoms with E-state index in [1.54, 1.807) is 0 Å². The van der Waals surface area contributed by atoms with Crippen LogP contribution in [0.1, 0.15) is 12.5 Å². The molecule has 5 nitrogen and oxygen atoms in total. The summed E-state index contributed by atoms with van der Waals surface area (Å²) in [6, 6.07) is 8.44. The maximum Gasteiger partial charge on any atom is 0.317 e. The number of carboxylic acids is 1. The van der Waals surface area contributed by atoms with Crippen LogP contribution >= 0.6 is 0 Å². The lowest BCUT2D eigenvalue weighted by molar-refractivity contribution is -0.138. The SMILES string of the molecule is CCN1CCN(c2cccc(CN(C)CC(=O)O)c2)CC1. The first-order valence-electron chi connectivity index (χ1n) is 7.55. The highest BCUT2D eigenvalue weighted by molar-refractivity contribution is 5.69. The smallest absolute Gasteiger partial charge is 0.317 e. The molecule has 0 aromatic heterocycles. The summed E-state index contributed by atoms with van der Waals surface area (Å²) in [5, 5.41) is 8.81. The van der Waals surface area contributed by atoms with Crippen molar-refractivity contribution in [1.29, 1.82) is 0 Å². The average molecular weight is 291 g/mol. The number of carboxylic acid groups (broad SMARTS) is 1. The molecular weight excluding hydrogens is 266 g/mol. The molecule has 0 radical (unpaired) electrons. The quantitative estimate of drug-likeness (QED) is 0.857. The molecule has 0 unspecified atom stereocenters. The van der Waals surface area contributed by atoms with Crippen LogP contribution in [0, 0.1) is 0 Å². The maximum absolute atomic E-state index is 10.7. The molecule has 1 aliphatic rings. The molecule has 2 rings (SSSR count). The topological polar surface area (TPSA) is 47.0 Å². The lowest BCUT2D eigenvalue weighted by Gasteiger charge is -2.35. The molecule has 0 bridgehead atoms. The lowest BCUT2D eigenvalue weighted by atomic mass is 10.1. The van der Waals surface area contributed by atoms with Gasteiger partial charge in [0.15, 0.2) is 0 Å². The summed E-state index contributed by atoms with van der Waals surface area (Å²) in [6.07, 6.45) is 0. The average Bonchev–Trinajstić information content (AvgIpc) is 2.46. The largest absolute Gasteiger partial charge is 0.480 e. The summed E-state index contributed by atoms with van der Waals surface area (Å²) in [5.74, 6) is -0.788. The molecule has 0 spiro atoms. The Balaban J connectivity index is 1.96. The Morgan fingerprint density at radius 1 is 1.29 bits per heavy atom. The molecule has 5 heteroatoms. The third-order valence-electron chi connectivity index (χ3n) is 3.95. The number of nitrogens with zero attached hydrogens (tertiary/aromatic N) is 3. The minimum absolute atomic E-state index is 0.0689. The number of likely N-dealkylation sites (N-methyl/N-ethyl adjacent to an activating group) is 2. The first kappa shape index (κ1) is 15.8. The van der Waals surface area contributed by atoms with Crippen LogP contribution < -0.4 is 4.90 Å². The van der Waals surface area contributed by atoms with Crippen molar-refractivity contribution in [3.8, 4) is 0 Å². The predicted molar refractivity (Wildman–Crippen MR) is 84.7 cm³/mol. The fourth-order valence-electron chi connectivity index (χ4n) is 2.77. The van der Waals surface area contributed by atoms with Crippen molar-refractivity contribution >= 4 is 11.7 Å². The first-order chi connectivity index (χ1) is 10.1. The number of hydrogen-bond donors (Lipinski definition) is 1. The molecule has 1 saturated heterocycles. The van der Waals surface area contributed by atoms with Gasteiger partial charge < -0.3 is 14.9 Å². The number of carbonyl (C=O) groups is 1. The zero-order valence-corrected chi connectivity index (χ0v) is 13.0. The van der Waals surface area contributed by atoms with Crippen molar-refractivity contribution in [3.05, 3.63) is 29.8 Å². The van der Waals surface area contributed by atoms with Gasteiger partial charge in [-0.1, -0.05) is 19.1 Å². The molecule has 1 fully saturated rings. The van der Waals surface area contributed by atoms with Crippen LogP contribution in [0.25, 0.3) is 0 Å². The monoisotopic (exact) mass is 291 g/mol. The molecule has 1 aromatic rings. The van der Waals surface area contributed by atoms with Crippen LogP contribution in [-0.4, -0.2) is 67.2 Å². The second kappa shape index (κ2) is 7.43. The highest BCUT2D eigenvalue weighted by Gasteiger charge is 2.16. The van der Waals surface area contributed by atoms with Gasteiger partial charge in [0.25, 0.3) is 0 Å². The molecule has 1 aliphatic heterocycles. The van der Waals surface area contributed by atoms with E-state index >= 15 is 0 Å². The van der Waals surface area contributed by atoms with Crippen LogP contribution in [-0.2, 0) is 11.3 Å². The highest BCUT2D eigenvalue weighted by atomic mass is 16.4. The lowest BCUT2D eigenvalue weighted by Crippen LogP contribution is -2.46. The van der Waals surface area contributed by atoms with Gasteiger partial charge in [0.05, 0.1) is 6.54 Å². The van der Waals surface area contributed by atoms with E-state index in [4.69, 9.17) is 5.11 Å². The standard InChI is InChI=1S/C16H25N3O2/c1-3-18-7-9-19(10-8-18)15-6-4-5-14(11-15)12-17(2)13-16(20)21/h4-6,11H,3,7-10,12-13H2,1-2H3,(H,20,21). The van der Waals surface area contributed by atoms with Gasteiger partial charge in [-0.2, -0.15) is 0 Å². The normalized spacial score (nSPS) is 16.4. The van der Waals surface area contributed by atoms with Gasteiger partial charge in [-0.25, -0.2) is 0 Å². The summed E-state index contributed by atoms with van der Waals surface area (Å²) in [6.45, 7) is 8.39. The third-order valence-corrected chi connectivity index (χ3v) is 3.95. The molecule has 1 aromatic carbocycles. The van der Waals surface area contributed by atoms with E-state index < -0.39 is 5.97 Å². The number of hydrogen-bond acceptors (Lipinski definition) is 4. The first-order valence-corrected chi connectivity index (χ1v) is 7.55. The number of benzene rings is 1. The summed E-state index contributed by atoms with van der Waals surface area (Å²) in [4.78, 5) is 17.4. The number of anilines is 1. The zero-order chi connectivity index (χ0) is 15.2. The molecule has 0 aliphatic carbocycles. The van der Waals surface area contributed by atoms with Crippen LogP contribution in [0.15, 0.2) is 24.3 Å². The minimum Gasteiger partial charge on any atom is -0.480 e. The maximum atomic E-state index is 10.7. The van der Waals surface area contributed by atoms with E-state index in [1.807, 2.05) is 11.9 Å². The molecule has 1 heterocycles. The number of rotatable bonds is 6. The summed E-state index contributed by atoms with van der Waals surface area (Å²) >= 11 is 0. The summed E-state index contributed by atoms with van der Waals surface area (Å²) < 4.78 is 0. The minimum atomic E-state index is -0.788. The van der Waals surface area contributed by atoms with Gasteiger partial charge in [0.1, 0.15) is 0 Å². The van der Waals surface area contributed by atoms with Crippen molar-refractivity contribution in [1.82, 2.24) is 9.80 Å². The van der Waals surface area contributed by atoms with Crippen molar-refractivity contribution in [2.24, 2.45) is 0 Å². The van der Waals surface area contributed by atoms with E-state index in [-0.39, 0.29) is 6.54 Å². The van der Waals surface area contributed by atoms with E-state index in [0.717, 1.165) is 38.3 Å². The van der Waals surface area contributed by atoms with Gasteiger partial charge >= 0.3 is 5.97 Å². The second-order valence-electron chi connectivity index (χ2n) is 5.66. The van der Waals surface area contributed by atoms with Crippen molar-refractivity contribution in [2.45, 2.75) is 13.5 Å². The Hall–Kier alpha value is -1.59. The summed E-state index contributed by atoms with van der Waals surface area (Å²) in [5.41, 5.74) is 2.40. The van der Waals surface area contributed by atoms with Crippen molar-refractivity contribution < 1.29 is 9.90 Å². The Morgan fingerprint density at radius 2 is 2.00 bits per heavy atom. The van der Waals surface area contributed by atoms with Gasteiger partial charge in [-0.15, -0.1) is 0 Å². The van der Waals surface area contributed by atoms with Crippen LogP contribution in [0.4, 0.5) is 5.69 Å². The summed E-state index contributed by atoms with van der Waals surface area (Å²) in [7, 11) is 1.83. The van der Waals surface area contributed by atoms with Crippen LogP contribution in [0.2, 0.25) is 0 Å². The Kier molecular flexibility index (Phi) is 5.59. The molecule has 0 amide bonds. The molecular formula is C16H25N3O2. The number of piperazine rings is 1.